The van der Waals surface area contributed by atoms with Crippen LogP contribution in [0, 0.1) is 23.6 Å². The molecule has 1 saturated heterocycles. The van der Waals surface area contributed by atoms with Gasteiger partial charge in [0.25, 0.3) is 5.91 Å². The molecule has 1 heterocycles. The molecule has 0 bridgehead atoms. The first-order valence-electron chi connectivity index (χ1n) is 15.3. The summed E-state index contributed by atoms with van der Waals surface area (Å²) in [6.45, 7) is 2.24. The van der Waals surface area contributed by atoms with Crippen LogP contribution >= 0.6 is 0 Å². The molecule has 3 aliphatic rings. The van der Waals surface area contributed by atoms with Crippen molar-refractivity contribution in [3.8, 4) is 0 Å². The minimum atomic E-state index is -0.696. The summed E-state index contributed by atoms with van der Waals surface area (Å²) in [5.41, 5.74) is 7.38. The molecule has 2 saturated carbocycles. The topological polar surface area (TPSA) is 95.7 Å². The van der Waals surface area contributed by atoms with E-state index in [0.29, 0.717) is 56.4 Å². The quantitative estimate of drug-likeness (QED) is 0.455. The fourth-order valence-corrected chi connectivity index (χ4v) is 6.45. The van der Waals surface area contributed by atoms with Crippen LogP contribution in [0.5, 0.6) is 0 Å². The molecule has 0 aromatic heterocycles. The maximum absolute atomic E-state index is 13.7. The number of piperidine rings is 1. The van der Waals surface area contributed by atoms with E-state index < -0.39 is 11.9 Å². The predicted octanol–water partition coefficient (Wildman–Crippen LogP) is 4.16. The molecule has 0 radical (unpaired) electrons. The maximum atomic E-state index is 13.7. The van der Waals surface area contributed by atoms with Crippen molar-refractivity contribution in [1.29, 1.82) is 0 Å². The Morgan fingerprint density at radius 2 is 1.59 bits per heavy atom. The number of halogens is 1. The highest BCUT2D eigenvalue weighted by Gasteiger charge is 2.42. The zero-order valence-electron chi connectivity index (χ0n) is 23.8. The summed E-state index contributed by atoms with van der Waals surface area (Å²) in [6, 6.07) is 14.8. The van der Waals surface area contributed by atoms with Crippen molar-refractivity contribution in [2.24, 2.45) is 23.5 Å². The van der Waals surface area contributed by atoms with Gasteiger partial charge in [-0.3, -0.25) is 14.4 Å². The zero-order valence-corrected chi connectivity index (χ0v) is 23.8. The van der Waals surface area contributed by atoms with Crippen LogP contribution < -0.4 is 11.1 Å². The second-order valence-corrected chi connectivity index (χ2v) is 12.1. The van der Waals surface area contributed by atoms with Crippen molar-refractivity contribution < 1.29 is 18.8 Å². The maximum Gasteiger partial charge on any atom is 0.254 e. The van der Waals surface area contributed by atoms with Crippen molar-refractivity contribution in [3.63, 3.8) is 0 Å². The number of rotatable bonds is 10. The molecule has 2 aliphatic carbocycles. The van der Waals surface area contributed by atoms with Crippen LogP contribution in [0.4, 0.5) is 4.39 Å². The van der Waals surface area contributed by atoms with E-state index in [2.05, 4.69) is 17.4 Å². The molecule has 220 valence electrons. The largest absolute Gasteiger partial charge is 0.354 e. The van der Waals surface area contributed by atoms with E-state index in [0.717, 1.165) is 44.9 Å². The summed E-state index contributed by atoms with van der Waals surface area (Å²) < 4.78 is 13.6. The molecule has 2 aromatic rings. The molecule has 1 unspecified atom stereocenters. The first kappa shape index (κ1) is 29.2. The van der Waals surface area contributed by atoms with E-state index in [-0.39, 0.29) is 29.7 Å². The van der Waals surface area contributed by atoms with Crippen molar-refractivity contribution in [2.45, 2.75) is 69.9 Å². The van der Waals surface area contributed by atoms with Crippen LogP contribution in [0.25, 0.3) is 0 Å². The predicted molar refractivity (Wildman–Crippen MR) is 156 cm³/mol. The molecule has 2 atom stereocenters. The van der Waals surface area contributed by atoms with E-state index in [1.165, 1.54) is 29.8 Å². The molecule has 3 amide bonds. The summed E-state index contributed by atoms with van der Waals surface area (Å²) in [5, 5.41) is 3.15. The van der Waals surface area contributed by atoms with Crippen LogP contribution in [0.3, 0.4) is 0 Å². The van der Waals surface area contributed by atoms with Gasteiger partial charge >= 0.3 is 0 Å². The lowest BCUT2D eigenvalue weighted by atomic mass is 9.82. The summed E-state index contributed by atoms with van der Waals surface area (Å²) in [6.07, 6.45) is 7.81. The van der Waals surface area contributed by atoms with Crippen molar-refractivity contribution in [3.05, 3.63) is 71.5 Å². The molecule has 3 N–H and O–H groups in total. The standard InChI is InChI=1S/C33H43FN4O3/c34-28-14-12-27(13-15-28)33(41)38-19-17-29(20-30(38)31(39)36-22-25-8-6-24(21-35)7-9-25)37(32(40)26-10-11-26)18-16-23-4-2-1-3-5-23/h1-5,12-15,24-26,29-30H,6-11,16-22,35H2,(H,36,39)/t24?,25?,29?,30-/m1/s1. The third-order valence-corrected chi connectivity index (χ3v) is 9.23. The lowest BCUT2D eigenvalue weighted by Crippen LogP contribution is -2.58. The van der Waals surface area contributed by atoms with Gasteiger partial charge in [-0.25, -0.2) is 4.39 Å². The average Bonchev–Trinajstić information content (AvgIpc) is 3.86. The Kier molecular flexibility index (Phi) is 9.70. The Morgan fingerprint density at radius 3 is 2.24 bits per heavy atom. The fourth-order valence-electron chi connectivity index (χ4n) is 6.45. The number of hydrogen-bond donors (Lipinski definition) is 2. The molecule has 0 spiro atoms. The van der Waals surface area contributed by atoms with Crippen LogP contribution in [0.15, 0.2) is 54.6 Å². The Bertz CT molecular complexity index is 1180. The fraction of sp³-hybridized carbons (Fsp3) is 0.545. The Hall–Kier alpha value is -3.26. The molecule has 2 aromatic carbocycles. The Labute approximate surface area is 242 Å². The van der Waals surface area contributed by atoms with Crippen LogP contribution in [-0.4, -0.2) is 65.8 Å². The van der Waals surface area contributed by atoms with Gasteiger partial charge in [0.05, 0.1) is 0 Å². The van der Waals surface area contributed by atoms with Gasteiger partial charge in [-0.2, -0.15) is 0 Å². The van der Waals surface area contributed by atoms with Crippen molar-refractivity contribution >= 4 is 17.7 Å². The number of likely N-dealkylation sites (tertiary alicyclic amines) is 1. The van der Waals surface area contributed by atoms with E-state index in [1.54, 1.807) is 4.90 Å². The lowest BCUT2D eigenvalue weighted by Gasteiger charge is -2.43. The molecule has 7 nitrogen and oxygen atoms in total. The smallest absolute Gasteiger partial charge is 0.254 e. The SMILES string of the molecule is NCC1CCC(CNC(=O)[C@H]2CC(N(CCc3ccccc3)C(=O)C3CC3)CCN2C(=O)c2ccc(F)cc2)CC1. The Balaban J connectivity index is 1.31. The van der Waals surface area contributed by atoms with E-state index >= 15 is 0 Å². The third kappa shape index (κ3) is 7.53. The van der Waals surface area contributed by atoms with Crippen molar-refractivity contribution in [2.75, 3.05) is 26.2 Å². The van der Waals surface area contributed by atoms with Gasteiger partial charge in [-0.05, 0) is 106 Å². The number of hydrogen-bond acceptors (Lipinski definition) is 4. The van der Waals surface area contributed by atoms with Gasteiger partial charge in [0.15, 0.2) is 0 Å². The third-order valence-electron chi connectivity index (χ3n) is 9.23. The lowest BCUT2D eigenvalue weighted by molar-refractivity contribution is -0.138. The monoisotopic (exact) mass is 562 g/mol. The number of nitrogens with one attached hydrogen (secondary N) is 1. The van der Waals surface area contributed by atoms with Crippen LogP contribution in [0.1, 0.15) is 67.3 Å². The minimum Gasteiger partial charge on any atom is -0.354 e. The van der Waals surface area contributed by atoms with Gasteiger partial charge in [0, 0.05) is 37.2 Å². The number of benzene rings is 2. The molecule has 1 aliphatic heterocycles. The van der Waals surface area contributed by atoms with Crippen molar-refractivity contribution in [1.82, 2.24) is 15.1 Å². The van der Waals surface area contributed by atoms with Gasteiger partial charge in [-0.1, -0.05) is 30.3 Å². The normalized spacial score (nSPS) is 24.5. The van der Waals surface area contributed by atoms with Gasteiger partial charge in [0.1, 0.15) is 11.9 Å². The number of carbonyl (C=O) groups is 3. The first-order valence-corrected chi connectivity index (χ1v) is 15.3. The van der Waals surface area contributed by atoms with Gasteiger partial charge < -0.3 is 20.9 Å². The number of nitrogens with zero attached hydrogens (tertiary/aromatic N) is 2. The molecule has 5 rings (SSSR count). The van der Waals surface area contributed by atoms with E-state index in [9.17, 15) is 18.8 Å². The number of carbonyl (C=O) groups excluding carboxylic acids is 3. The van der Waals surface area contributed by atoms with E-state index in [1.807, 2.05) is 23.1 Å². The molecular formula is C33H43FN4O3. The first-order chi connectivity index (χ1) is 19.9. The summed E-state index contributed by atoms with van der Waals surface area (Å²) in [7, 11) is 0. The second-order valence-electron chi connectivity index (χ2n) is 12.1. The summed E-state index contributed by atoms with van der Waals surface area (Å²) in [4.78, 5) is 44.4. The minimum absolute atomic E-state index is 0.0700. The van der Waals surface area contributed by atoms with Crippen LogP contribution in [0.2, 0.25) is 0 Å². The summed E-state index contributed by atoms with van der Waals surface area (Å²) >= 11 is 0. The molecule has 8 heteroatoms. The molecule has 3 fully saturated rings. The zero-order chi connectivity index (χ0) is 28.8. The molecular weight excluding hydrogens is 519 g/mol. The number of nitrogens with two attached hydrogens (primary N) is 1. The number of amides is 3. The highest BCUT2D eigenvalue weighted by Crippen LogP contribution is 2.34. The van der Waals surface area contributed by atoms with Gasteiger partial charge in [-0.15, -0.1) is 0 Å². The highest BCUT2D eigenvalue weighted by molar-refractivity contribution is 5.97. The van der Waals surface area contributed by atoms with E-state index in [4.69, 9.17) is 5.73 Å². The second kappa shape index (κ2) is 13.6. The van der Waals surface area contributed by atoms with Gasteiger partial charge in [0.2, 0.25) is 11.8 Å². The van der Waals surface area contributed by atoms with Crippen LogP contribution in [-0.2, 0) is 16.0 Å². The highest BCUT2D eigenvalue weighted by atomic mass is 19.1. The average molecular weight is 563 g/mol. The molecule has 41 heavy (non-hydrogen) atoms. The Morgan fingerprint density at radius 1 is 0.902 bits per heavy atom. The summed E-state index contributed by atoms with van der Waals surface area (Å²) in [5.74, 6) is 0.341.